The molecule has 0 aromatic carbocycles. The Balaban J connectivity index is 3.89. The first kappa shape index (κ1) is 14.8. The second-order valence-electron chi connectivity index (χ2n) is 3.96. The van der Waals surface area contributed by atoms with Crippen molar-refractivity contribution in [3.8, 4) is 0 Å². The Bertz CT molecular complexity index is 193. The van der Waals surface area contributed by atoms with Gasteiger partial charge in [-0.1, -0.05) is 20.8 Å². The van der Waals surface area contributed by atoms with Crippen molar-refractivity contribution in [1.82, 2.24) is 5.32 Å². The van der Waals surface area contributed by atoms with E-state index in [0.29, 0.717) is 31.1 Å². The summed E-state index contributed by atoms with van der Waals surface area (Å²) in [7, 11) is 0. The molecule has 15 heavy (non-hydrogen) atoms. The molecule has 4 heteroatoms. The molecule has 0 bridgehead atoms. The third-order valence-corrected chi connectivity index (χ3v) is 3.78. The fourth-order valence-electron chi connectivity index (χ4n) is 1.18. The first-order chi connectivity index (χ1) is 6.97. The van der Waals surface area contributed by atoms with Crippen LogP contribution >= 0.6 is 11.8 Å². The lowest BCUT2D eigenvalue weighted by atomic mass is 9.97. The summed E-state index contributed by atoms with van der Waals surface area (Å²) in [5.41, 5.74) is -0.738. The molecular formula is C11H23NO2S. The zero-order valence-corrected chi connectivity index (χ0v) is 11.0. The van der Waals surface area contributed by atoms with E-state index in [1.165, 1.54) is 0 Å². The minimum Gasteiger partial charge on any atom is -0.388 e. The Kier molecular flexibility index (Phi) is 7.02. The zero-order chi connectivity index (χ0) is 11.9. The van der Waals surface area contributed by atoms with Crippen LogP contribution in [0.4, 0.5) is 0 Å². The molecule has 0 radical (unpaired) electrons. The molecule has 0 fully saturated rings. The van der Waals surface area contributed by atoms with E-state index in [9.17, 15) is 9.90 Å². The number of hydrogen-bond acceptors (Lipinski definition) is 3. The molecule has 0 aliphatic rings. The molecule has 0 saturated carbocycles. The molecule has 1 amide bonds. The molecule has 90 valence electrons. The summed E-state index contributed by atoms with van der Waals surface area (Å²) in [6.07, 6.45) is 3.85. The number of rotatable bonds is 7. The Labute approximate surface area is 97.0 Å². The summed E-state index contributed by atoms with van der Waals surface area (Å²) in [4.78, 5) is 11.5. The third kappa shape index (κ3) is 6.05. The summed E-state index contributed by atoms with van der Waals surface area (Å²) in [5.74, 6) is 0.0252. The number of amides is 1. The van der Waals surface area contributed by atoms with Gasteiger partial charge in [0, 0.05) is 18.2 Å². The zero-order valence-electron chi connectivity index (χ0n) is 10.2. The number of nitrogens with one attached hydrogen (secondary N) is 1. The van der Waals surface area contributed by atoms with Crippen molar-refractivity contribution < 1.29 is 9.90 Å². The fourth-order valence-corrected chi connectivity index (χ4v) is 1.50. The topological polar surface area (TPSA) is 49.3 Å². The summed E-state index contributed by atoms with van der Waals surface area (Å²) in [6.45, 7) is 6.25. The highest BCUT2D eigenvalue weighted by Gasteiger charge is 2.22. The monoisotopic (exact) mass is 233 g/mol. The van der Waals surface area contributed by atoms with Gasteiger partial charge in [0.25, 0.3) is 0 Å². The van der Waals surface area contributed by atoms with Crippen molar-refractivity contribution in [2.45, 2.75) is 50.9 Å². The molecule has 0 heterocycles. The Morgan fingerprint density at radius 1 is 1.47 bits per heavy atom. The van der Waals surface area contributed by atoms with Gasteiger partial charge in [-0.3, -0.25) is 4.79 Å². The maximum absolute atomic E-state index is 11.5. The van der Waals surface area contributed by atoms with Gasteiger partial charge in [-0.15, -0.1) is 0 Å². The average Bonchev–Trinajstić information content (AvgIpc) is 2.25. The molecule has 1 unspecified atom stereocenters. The molecule has 0 aromatic heterocycles. The van der Waals surface area contributed by atoms with E-state index in [-0.39, 0.29) is 5.91 Å². The number of thioether (sulfide) groups is 1. The van der Waals surface area contributed by atoms with Crippen LogP contribution in [0.3, 0.4) is 0 Å². The first-order valence-corrected chi connectivity index (χ1v) is 6.78. The van der Waals surface area contributed by atoms with Crippen molar-refractivity contribution >= 4 is 17.7 Å². The Morgan fingerprint density at radius 3 is 2.40 bits per heavy atom. The van der Waals surface area contributed by atoms with Crippen LogP contribution in [-0.2, 0) is 4.79 Å². The molecule has 2 N–H and O–H groups in total. The van der Waals surface area contributed by atoms with E-state index in [1.807, 2.05) is 27.0 Å². The second kappa shape index (κ2) is 7.12. The van der Waals surface area contributed by atoms with E-state index >= 15 is 0 Å². The van der Waals surface area contributed by atoms with Crippen LogP contribution in [0.15, 0.2) is 0 Å². The number of carbonyl (C=O) groups excluding carboxylic acids is 1. The van der Waals surface area contributed by atoms with E-state index in [0.717, 1.165) is 0 Å². The van der Waals surface area contributed by atoms with Crippen molar-refractivity contribution in [3.63, 3.8) is 0 Å². The maximum atomic E-state index is 11.5. The van der Waals surface area contributed by atoms with Gasteiger partial charge in [0.05, 0.1) is 5.60 Å². The molecule has 3 nitrogen and oxygen atoms in total. The van der Waals surface area contributed by atoms with Gasteiger partial charge < -0.3 is 10.4 Å². The Hall–Kier alpha value is -0.220. The van der Waals surface area contributed by atoms with Gasteiger partial charge in [-0.05, 0) is 19.1 Å². The predicted octanol–water partition coefficient (Wildman–Crippen LogP) is 1.80. The molecule has 0 saturated heterocycles. The van der Waals surface area contributed by atoms with Crippen molar-refractivity contribution in [2.24, 2.45) is 0 Å². The lowest BCUT2D eigenvalue weighted by Crippen LogP contribution is -2.42. The smallest absolute Gasteiger partial charge is 0.221 e. The van der Waals surface area contributed by atoms with Gasteiger partial charge in [0.1, 0.15) is 0 Å². The normalized spacial score (nSPS) is 13.7. The number of aliphatic hydroxyl groups is 1. The predicted molar refractivity (Wildman–Crippen MR) is 66.1 cm³/mol. The van der Waals surface area contributed by atoms with Crippen molar-refractivity contribution in [1.29, 1.82) is 0 Å². The second-order valence-corrected chi connectivity index (χ2v) is 5.23. The van der Waals surface area contributed by atoms with Gasteiger partial charge >= 0.3 is 0 Å². The number of hydrogen-bond donors (Lipinski definition) is 2. The van der Waals surface area contributed by atoms with Crippen LogP contribution < -0.4 is 5.32 Å². The summed E-state index contributed by atoms with van der Waals surface area (Å²) in [5, 5.41) is 13.1. The maximum Gasteiger partial charge on any atom is 0.221 e. The van der Waals surface area contributed by atoms with E-state index in [4.69, 9.17) is 0 Å². The SMILES string of the molecule is CCC(O)(CC)CNC(=O)CC(C)SC. The third-order valence-electron chi connectivity index (χ3n) is 2.81. The van der Waals surface area contributed by atoms with Crippen LogP contribution in [-0.4, -0.2) is 34.7 Å². The fraction of sp³-hybridized carbons (Fsp3) is 0.909. The van der Waals surface area contributed by atoms with Crippen molar-refractivity contribution in [3.05, 3.63) is 0 Å². The average molecular weight is 233 g/mol. The summed E-state index contributed by atoms with van der Waals surface area (Å²) in [6, 6.07) is 0. The van der Waals surface area contributed by atoms with Crippen LogP contribution in [0.2, 0.25) is 0 Å². The molecule has 0 aliphatic carbocycles. The first-order valence-electron chi connectivity index (χ1n) is 5.49. The highest BCUT2D eigenvalue weighted by atomic mass is 32.2. The van der Waals surface area contributed by atoms with Gasteiger partial charge in [-0.2, -0.15) is 11.8 Å². The van der Waals surface area contributed by atoms with Crippen LogP contribution in [0.1, 0.15) is 40.0 Å². The Morgan fingerprint density at radius 2 is 2.00 bits per heavy atom. The molecule has 1 atom stereocenters. The van der Waals surface area contributed by atoms with E-state index < -0.39 is 5.60 Å². The lowest BCUT2D eigenvalue weighted by Gasteiger charge is -2.25. The quantitative estimate of drug-likeness (QED) is 0.705. The van der Waals surface area contributed by atoms with Crippen LogP contribution in [0, 0.1) is 0 Å². The van der Waals surface area contributed by atoms with E-state index in [2.05, 4.69) is 5.32 Å². The van der Waals surface area contributed by atoms with E-state index in [1.54, 1.807) is 11.8 Å². The van der Waals surface area contributed by atoms with Crippen molar-refractivity contribution in [2.75, 3.05) is 12.8 Å². The van der Waals surface area contributed by atoms with Gasteiger partial charge in [-0.25, -0.2) is 0 Å². The largest absolute Gasteiger partial charge is 0.388 e. The molecule has 0 aromatic rings. The molecule has 0 spiro atoms. The summed E-state index contributed by atoms with van der Waals surface area (Å²) < 4.78 is 0. The van der Waals surface area contributed by atoms with Gasteiger partial charge in [0.15, 0.2) is 0 Å². The molecule has 0 rings (SSSR count). The van der Waals surface area contributed by atoms with Gasteiger partial charge in [0.2, 0.25) is 5.91 Å². The highest BCUT2D eigenvalue weighted by molar-refractivity contribution is 7.99. The van der Waals surface area contributed by atoms with Crippen LogP contribution in [0.25, 0.3) is 0 Å². The minimum atomic E-state index is -0.738. The van der Waals surface area contributed by atoms with Crippen LogP contribution in [0.5, 0.6) is 0 Å². The number of carbonyl (C=O) groups is 1. The highest BCUT2D eigenvalue weighted by Crippen LogP contribution is 2.13. The lowest BCUT2D eigenvalue weighted by molar-refractivity contribution is -0.122. The molecule has 0 aliphatic heterocycles. The molecular weight excluding hydrogens is 210 g/mol. The minimum absolute atomic E-state index is 0.0252. The standard InChI is InChI=1S/C11H23NO2S/c1-5-11(14,6-2)8-12-10(13)7-9(3)15-4/h9,14H,5-8H2,1-4H3,(H,12,13). The summed E-state index contributed by atoms with van der Waals surface area (Å²) >= 11 is 1.67.